The van der Waals surface area contributed by atoms with E-state index in [1.54, 1.807) is 0 Å². The number of rotatable bonds is 1. The standard InChI is InChI=1S/C9H6F2N2O2/c10-4-1-2-5(6(11)3-4)7-8(14)13-9(15)12-7/h1-3,7H,(H2,12,13,14,15). The molecule has 1 unspecified atom stereocenters. The largest absolute Gasteiger partial charge is 0.322 e. The predicted octanol–water partition coefficient (Wildman–Crippen LogP) is 0.845. The van der Waals surface area contributed by atoms with Crippen LogP contribution in [-0.2, 0) is 4.79 Å². The molecule has 0 aliphatic carbocycles. The van der Waals surface area contributed by atoms with Gasteiger partial charge in [0.1, 0.15) is 17.7 Å². The number of carbonyl (C=O) groups excluding carboxylic acids is 2. The van der Waals surface area contributed by atoms with Crippen LogP contribution in [0.15, 0.2) is 18.2 Å². The summed E-state index contributed by atoms with van der Waals surface area (Å²) < 4.78 is 25.8. The second kappa shape index (κ2) is 3.30. The summed E-state index contributed by atoms with van der Waals surface area (Å²) in [5.74, 6) is -2.25. The van der Waals surface area contributed by atoms with E-state index in [9.17, 15) is 18.4 Å². The molecule has 1 atom stereocenters. The van der Waals surface area contributed by atoms with Crippen molar-refractivity contribution in [2.45, 2.75) is 6.04 Å². The highest BCUT2D eigenvalue weighted by Gasteiger charge is 2.32. The van der Waals surface area contributed by atoms with Gasteiger partial charge in [0.15, 0.2) is 0 Å². The fourth-order valence-corrected chi connectivity index (χ4v) is 1.37. The summed E-state index contributed by atoms with van der Waals surface area (Å²) in [5, 5.41) is 4.18. The van der Waals surface area contributed by atoms with E-state index in [-0.39, 0.29) is 5.56 Å². The van der Waals surface area contributed by atoms with Gasteiger partial charge in [0.25, 0.3) is 5.91 Å². The Morgan fingerprint density at radius 2 is 1.93 bits per heavy atom. The van der Waals surface area contributed by atoms with Crippen LogP contribution in [0.3, 0.4) is 0 Å². The molecule has 1 aliphatic heterocycles. The van der Waals surface area contributed by atoms with Crippen LogP contribution >= 0.6 is 0 Å². The molecule has 4 nitrogen and oxygen atoms in total. The van der Waals surface area contributed by atoms with Crippen LogP contribution in [0.2, 0.25) is 0 Å². The van der Waals surface area contributed by atoms with Crippen molar-refractivity contribution in [1.82, 2.24) is 10.6 Å². The molecule has 1 saturated heterocycles. The van der Waals surface area contributed by atoms with Gasteiger partial charge >= 0.3 is 6.03 Å². The van der Waals surface area contributed by atoms with Crippen molar-refractivity contribution in [2.75, 3.05) is 0 Å². The summed E-state index contributed by atoms with van der Waals surface area (Å²) in [6.07, 6.45) is 0. The third-order valence-corrected chi connectivity index (χ3v) is 2.05. The van der Waals surface area contributed by atoms with Gasteiger partial charge in [-0.05, 0) is 6.07 Å². The van der Waals surface area contributed by atoms with Gasteiger partial charge in [0.05, 0.1) is 0 Å². The zero-order valence-electron chi connectivity index (χ0n) is 7.38. The molecule has 1 heterocycles. The van der Waals surface area contributed by atoms with Crippen molar-refractivity contribution in [3.05, 3.63) is 35.4 Å². The zero-order chi connectivity index (χ0) is 11.0. The lowest BCUT2D eigenvalue weighted by Gasteiger charge is -2.08. The first-order valence-electron chi connectivity index (χ1n) is 4.14. The summed E-state index contributed by atoms with van der Waals surface area (Å²) in [4.78, 5) is 21.9. The maximum absolute atomic E-state index is 13.2. The van der Waals surface area contributed by atoms with Gasteiger partial charge in [-0.3, -0.25) is 10.1 Å². The minimum absolute atomic E-state index is 0.0558. The first-order chi connectivity index (χ1) is 7.08. The van der Waals surface area contributed by atoms with Crippen LogP contribution in [0.1, 0.15) is 11.6 Å². The van der Waals surface area contributed by atoms with Gasteiger partial charge in [-0.1, -0.05) is 6.07 Å². The van der Waals surface area contributed by atoms with Crippen molar-refractivity contribution < 1.29 is 18.4 Å². The molecule has 78 valence electrons. The van der Waals surface area contributed by atoms with Crippen LogP contribution < -0.4 is 10.6 Å². The molecule has 2 N–H and O–H groups in total. The third-order valence-electron chi connectivity index (χ3n) is 2.05. The average molecular weight is 212 g/mol. The van der Waals surface area contributed by atoms with Gasteiger partial charge in [0, 0.05) is 11.6 Å². The Morgan fingerprint density at radius 3 is 2.47 bits per heavy atom. The SMILES string of the molecule is O=C1NC(=O)C(c2ccc(F)cc2F)N1. The number of carbonyl (C=O) groups is 2. The smallest absolute Gasteiger partial charge is 0.322 e. The molecule has 1 aromatic rings. The molecule has 1 fully saturated rings. The second-order valence-electron chi connectivity index (χ2n) is 3.06. The van der Waals surface area contributed by atoms with Crippen LogP contribution in [0.25, 0.3) is 0 Å². The topological polar surface area (TPSA) is 58.2 Å². The molecule has 0 bridgehead atoms. The van der Waals surface area contributed by atoms with E-state index in [1.807, 2.05) is 5.32 Å². The van der Waals surface area contributed by atoms with Gasteiger partial charge < -0.3 is 5.32 Å². The summed E-state index contributed by atoms with van der Waals surface area (Å²) >= 11 is 0. The summed E-state index contributed by atoms with van der Waals surface area (Å²) in [6, 6.07) is 1.04. The minimum atomic E-state index is -1.09. The Bertz CT molecular complexity index is 448. The molecule has 1 aromatic carbocycles. The Kier molecular flexibility index (Phi) is 2.11. The van der Waals surface area contributed by atoms with Crippen LogP contribution in [0, 0.1) is 11.6 Å². The minimum Gasteiger partial charge on any atom is -0.322 e. The predicted molar refractivity (Wildman–Crippen MR) is 45.8 cm³/mol. The van der Waals surface area contributed by atoms with Crippen LogP contribution in [-0.4, -0.2) is 11.9 Å². The summed E-state index contributed by atoms with van der Waals surface area (Å²) in [6.45, 7) is 0. The Labute approximate surface area is 83.3 Å². The summed E-state index contributed by atoms with van der Waals surface area (Å²) in [7, 11) is 0. The van der Waals surface area contributed by atoms with Crippen molar-refractivity contribution in [3.63, 3.8) is 0 Å². The normalized spacial score (nSPS) is 20.0. The van der Waals surface area contributed by atoms with E-state index in [4.69, 9.17) is 0 Å². The first-order valence-corrected chi connectivity index (χ1v) is 4.14. The number of urea groups is 1. The molecule has 3 amide bonds. The number of hydrogen-bond acceptors (Lipinski definition) is 2. The van der Waals surface area contributed by atoms with Gasteiger partial charge in [-0.25, -0.2) is 13.6 Å². The molecular formula is C9H6F2N2O2. The van der Waals surface area contributed by atoms with Crippen molar-refractivity contribution in [3.8, 4) is 0 Å². The fourth-order valence-electron chi connectivity index (χ4n) is 1.37. The number of amides is 3. The lowest BCUT2D eigenvalue weighted by atomic mass is 10.1. The van der Waals surface area contributed by atoms with Crippen LogP contribution in [0.5, 0.6) is 0 Å². The fraction of sp³-hybridized carbons (Fsp3) is 0.111. The van der Waals surface area contributed by atoms with E-state index in [1.165, 1.54) is 0 Å². The highest BCUT2D eigenvalue weighted by atomic mass is 19.1. The molecule has 0 aromatic heterocycles. The molecule has 0 saturated carbocycles. The molecule has 2 rings (SSSR count). The molecule has 1 aliphatic rings. The lowest BCUT2D eigenvalue weighted by Crippen LogP contribution is -2.22. The maximum atomic E-state index is 13.2. The average Bonchev–Trinajstić information content (AvgIpc) is 2.45. The molecule has 0 radical (unpaired) electrons. The quantitative estimate of drug-likeness (QED) is 0.678. The number of hydrogen-bond donors (Lipinski definition) is 2. The Hall–Kier alpha value is -1.98. The second-order valence-corrected chi connectivity index (χ2v) is 3.06. The van der Waals surface area contributed by atoms with E-state index >= 15 is 0 Å². The number of imide groups is 1. The summed E-state index contributed by atoms with van der Waals surface area (Å²) in [5.41, 5.74) is -0.0558. The van der Waals surface area contributed by atoms with E-state index in [2.05, 4.69) is 5.32 Å². The van der Waals surface area contributed by atoms with Crippen molar-refractivity contribution in [1.29, 1.82) is 0 Å². The van der Waals surface area contributed by atoms with Gasteiger partial charge in [-0.2, -0.15) is 0 Å². The molecule has 6 heteroatoms. The monoisotopic (exact) mass is 212 g/mol. The van der Waals surface area contributed by atoms with E-state index in [0.717, 1.165) is 12.1 Å². The number of nitrogens with one attached hydrogen (secondary N) is 2. The van der Waals surface area contributed by atoms with Crippen molar-refractivity contribution >= 4 is 11.9 Å². The molecule has 15 heavy (non-hydrogen) atoms. The number of benzene rings is 1. The maximum Gasteiger partial charge on any atom is 0.322 e. The number of halogens is 2. The third kappa shape index (κ3) is 1.65. The van der Waals surface area contributed by atoms with Crippen molar-refractivity contribution in [2.24, 2.45) is 0 Å². The van der Waals surface area contributed by atoms with E-state index < -0.39 is 29.6 Å². The zero-order valence-corrected chi connectivity index (χ0v) is 7.38. The van der Waals surface area contributed by atoms with E-state index in [0.29, 0.717) is 6.07 Å². The van der Waals surface area contributed by atoms with Gasteiger partial charge in [-0.15, -0.1) is 0 Å². The van der Waals surface area contributed by atoms with Crippen LogP contribution in [0.4, 0.5) is 13.6 Å². The Balaban J connectivity index is 2.38. The first kappa shape index (κ1) is 9.57. The lowest BCUT2D eigenvalue weighted by molar-refractivity contribution is -0.120. The Morgan fingerprint density at radius 1 is 1.20 bits per heavy atom. The highest BCUT2D eigenvalue weighted by Crippen LogP contribution is 2.20. The molecule has 0 spiro atoms. The molecular weight excluding hydrogens is 206 g/mol. The van der Waals surface area contributed by atoms with Gasteiger partial charge in [0.2, 0.25) is 0 Å². The highest BCUT2D eigenvalue weighted by molar-refractivity contribution is 6.04.